The molecule has 0 aromatic heterocycles. The summed E-state index contributed by atoms with van der Waals surface area (Å²) in [4.78, 5) is 26.3. The number of hydrogen-bond acceptors (Lipinski definition) is 5. The number of piperidine rings is 1. The van der Waals surface area contributed by atoms with E-state index in [4.69, 9.17) is 11.6 Å². The number of carbonyl (C=O) groups excluding carboxylic acids is 1. The molecule has 0 bridgehead atoms. The first-order valence-electron chi connectivity index (χ1n) is 7.98. The van der Waals surface area contributed by atoms with E-state index < -0.39 is 4.92 Å². The third kappa shape index (κ3) is 4.82. The van der Waals surface area contributed by atoms with Crippen molar-refractivity contribution >= 4 is 28.9 Å². The van der Waals surface area contributed by atoms with E-state index in [1.165, 1.54) is 6.07 Å². The van der Waals surface area contributed by atoms with Crippen LogP contribution in [0.4, 0.5) is 11.4 Å². The molecule has 1 aliphatic rings. The van der Waals surface area contributed by atoms with Crippen molar-refractivity contribution < 1.29 is 9.72 Å². The van der Waals surface area contributed by atoms with Gasteiger partial charge in [0.15, 0.2) is 0 Å². The van der Waals surface area contributed by atoms with E-state index >= 15 is 0 Å². The number of nitrogens with one attached hydrogen (secondary N) is 1. The molecule has 0 unspecified atom stereocenters. The molecule has 1 N–H and O–H groups in total. The lowest BCUT2D eigenvalue weighted by Crippen LogP contribution is -2.42. The summed E-state index contributed by atoms with van der Waals surface area (Å²) in [6.07, 6.45) is 1.95. The maximum Gasteiger partial charge on any atom is 0.294 e. The van der Waals surface area contributed by atoms with Crippen LogP contribution in [0.15, 0.2) is 18.2 Å². The summed E-state index contributed by atoms with van der Waals surface area (Å²) in [5, 5.41) is 14.2. The first kappa shape index (κ1) is 18.5. The fourth-order valence-corrected chi connectivity index (χ4v) is 3.23. The van der Waals surface area contributed by atoms with E-state index in [0.29, 0.717) is 23.2 Å². The highest BCUT2D eigenvalue weighted by atomic mass is 35.5. The molecule has 1 aliphatic heterocycles. The number of carbonyl (C=O) groups is 1. The fraction of sp³-hybridized carbons (Fsp3) is 0.562. The number of likely N-dealkylation sites (N-methyl/N-ethyl adjacent to an activating group) is 1. The van der Waals surface area contributed by atoms with Crippen LogP contribution < -0.4 is 10.2 Å². The van der Waals surface area contributed by atoms with Crippen LogP contribution >= 0.6 is 11.6 Å². The van der Waals surface area contributed by atoms with Crippen LogP contribution in [0.5, 0.6) is 0 Å². The average molecular weight is 355 g/mol. The van der Waals surface area contributed by atoms with Gasteiger partial charge in [-0.3, -0.25) is 19.8 Å². The van der Waals surface area contributed by atoms with E-state index in [9.17, 15) is 14.9 Å². The van der Waals surface area contributed by atoms with Crippen molar-refractivity contribution in [2.45, 2.75) is 12.8 Å². The van der Waals surface area contributed by atoms with Gasteiger partial charge < -0.3 is 10.2 Å². The molecular formula is C16H23ClN4O3. The van der Waals surface area contributed by atoms with Crippen molar-refractivity contribution in [2.75, 3.05) is 45.2 Å². The molecule has 0 aliphatic carbocycles. The number of nitrogens with zero attached hydrogens (tertiary/aromatic N) is 3. The molecule has 1 aromatic carbocycles. The number of nitro groups is 1. The minimum Gasteiger partial charge on any atom is -0.369 e. The van der Waals surface area contributed by atoms with Gasteiger partial charge in [-0.25, -0.2) is 0 Å². The molecule has 0 radical (unpaired) electrons. The highest BCUT2D eigenvalue weighted by Crippen LogP contribution is 2.31. The third-order valence-electron chi connectivity index (χ3n) is 4.43. The van der Waals surface area contributed by atoms with Crippen LogP contribution in [0.25, 0.3) is 0 Å². The van der Waals surface area contributed by atoms with Crippen molar-refractivity contribution in [3.05, 3.63) is 33.3 Å². The van der Waals surface area contributed by atoms with Gasteiger partial charge in [0.25, 0.3) is 5.69 Å². The number of anilines is 1. The predicted octanol–water partition coefficient (Wildman–Crippen LogP) is 2.14. The van der Waals surface area contributed by atoms with Gasteiger partial charge >= 0.3 is 0 Å². The monoisotopic (exact) mass is 354 g/mol. The van der Waals surface area contributed by atoms with Gasteiger partial charge in [-0.2, -0.15) is 0 Å². The lowest BCUT2D eigenvalue weighted by Gasteiger charge is -2.33. The van der Waals surface area contributed by atoms with Crippen LogP contribution in [0.3, 0.4) is 0 Å². The van der Waals surface area contributed by atoms with Crippen LogP contribution in [-0.4, -0.2) is 56.0 Å². The number of nitro benzene ring substituents is 1. The van der Waals surface area contributed by atoms with Gasteiger partial charge in [0, 0.05) is 31.7 Å². The molecule has 1 aromatic rings. The maximum atomic E-state index is 11.4. The van der Waals surface area contributed by atoms with Crippen molar-refractivity contribution in [2.24, 2.45) is 5.92 Å². The van der Waals surface area contributed by atoms with E-state index in [1.54, 1.807) is 19.2 Å². The molecule has 0 atom stereocenters. The standard InChI is InChI=1S/C16H23ClN4O3/c1-18-16(22)11-20-7-5-12(6-8-20)10-19(2)14-4-3-13(17)9-15(14)21(23)24/h3-4,9,12H,5-8,10-11H2,1-2H3,(H,18,22). The summed E-state index contributed by atoms with van der Waals surface area (Å²) >= 11 is 5.87. The van der Waals surface area contributed by atoms with E-state index in [0.717, 1.165) is 32.5 Å². The quantitative estimate of drug-likeness (QED) is 0.625. The summed E-state index contributed by atoms with van der Waals surface area (Å²) in [5.74, 6) is 0.480. The summed E-state index contributed by atoms with van der Waals surface area (Å²) in [5.41, 5.74) is 0.610. The van der Waals surface area contributed by atoms with Crippen molar-refractivity contribution in [1.82, 2.24) is 10.2 Å². The molecule has 0 spiro atoms. The second-order valence-electron chi connectivity index (χ2n) is 6.16. The number of hydrogen-bond donors (Lipinski definition) is 1. The van der Waals surface area contributed by atoms with Crippen LogP contribution in [0.1, 0.15) is 12.8 Å². The lowest BCUT2D eigenvalue weighted by molar-refractivity contribution is -0.384. The Morgan fingerprint density at radius 1 is 1.46 bits per heavy atom. The van der Waals surface area contributed by atoms with Gasteiger partial charge in [-0.05, 0) is 44.0 Å². The lowest BCUT2D eigenvalue weighted by atomic mass is 9.96. The van der Waals surface area contributed by atoms with Crippen molar-refractivity contribution in [3.63, 3.8) is 0 Å². The number of benzene rings is 1. The Bertz CT molecular complexity index is 603. The zero-order valence-electron chi connectivity index (χ0n) is 14.0. The number of rotatable bonds is 6. The Morgan fingerprint density at radius 3 is 2.71 bits per heavy atom. The molecule has 7 nitrogen and oxygen atoms in total. The highest BCUT2D eigenvalue weighted by molar-refractivity contribution is 6.30. The molecule has 0 saturated carbocycles. The first-order valence-corrected chi connectivity index (χ1v) is 8.36. The topological polar surface area (TPSA) is 78.7 Å². The first-order chi connectivity index (χ1) is 11.4. The predicted molar refractivity (Wildman–Crippen MR) is 94.6 cm³/mol. The Kier molecular flexibility index (Phi) is 6.39. The van der Waals surface area contributed by atoms with Crippen LogP contribution in [0, 0.1) is 16.0 Å². The minimum absolute atomic E-state index is 0.0297. The van der Waals surface area contributed by atoms with E-state index in [1.807, 2.05) is 11.9 Å². The molecular weight excluding hydrogens is 332 g/mol. The van der Waals surface area contributed by atoms with Crippen molar-refractivity contribution in [1.29, 1.82) is 0 Å². The molecule has 132 valence electrons. The number of likely N-dealkylation sites (tertiary alicyclic amines) is 1. The highest BCUT2D eigenvalue weighted by Gasteiger charge is 2.24. The van der Waals surface area contributed by atoms with Gasteiger partial charge in [-0.1, -0.05) is 11.6 Å². The number of amides is 1. The molecule has 1 heterocycles. The van der Waals surface area contributed by atoms with Crippen molar-refractivity contribution in [3.8, 4) is 0 Å². The van der Waals surface area contributed by atoms with Crippen LogP contribution in [0.2, 0.25) is 5.02 Å². The second-order valence-corrected chi connectivity index (χ2v) is 6.60. The molecule has 1 amide bonds. The number of halogens is 1. The van der Waals surface area contributed by atoms with Gasteiger partial charge in [0.1, 0.15) is 5.69 Å². The summed E-state index contributed by atoms with van der Waals surface area (Å²) in [7, 11) is 3.51. The Hall–Kier alpha value is -1.86. The summed E-state index contributed by atoms with van der Waals surface area (Å²) in [6, 6.07) is 4.76. The second kappa shape index (κ2) is 8.30. The molecule has 1 fully saturated rings. The normalized spacial score (nSPS) is 16.0. The largest absolute Gasteiger partial charge is 0.369 e. The molecule has 24 heavy (non-hydrogen) atoms. The SMILES string of the molecule is CNC(=O)CN1CCC(CN(C)c2ccc(Cl)cc2[N+](=O)[O-])CC1. The van der Waals surface area contributed by atoms with E-state index in [2.05, 4.69) is 10.2 Å². The van der Waals surface area contributed by atoms with Gasteiger partial charge in [0.2, 0.25) is 5.91 Å². The Labute approximate surface area is 146 Å². The maximum absolute atomic E-state index is 11.4. The summed E-state index contributed by atoms with van der Waals surface area (Å²) in [6.45, 7) is 2.92. The van der Waals surface area contributed by atoms with Crippen LogP contribution in [-0.2, 0) is 4.79 Å². The average Bonchev–Trinajstić information content (AvgIpc) is 2.56. The smallest absolute Gasteiger partial charge is 0.294 e. The Morgan fingerprint density at radius 2 is 2.12 bits per heavy atom. The van der Waals surface area contributed by atoms with E-state index in [-0.39, 0.29) is 11.6 Å². The zero-order chi connectivity index (χ0) is 17.7. The molecule has 8 heteroatoms. The molecule has 2 rings (SSSR count). The third-order valence-corrected chi connectivity index (χ3v) is 4.67. The minimum atomic E-state index is -0.399. The summed E-state index contributed by atoms with van der Waals surface area (Å²) < 4.78 is 0. The Balaban J connectivity index is 1.93. The fourth-order valence-electron chi connectivity index (χ4n) is 3.06. The zero-order valence-corrected chi connectivity index (χ0v) is 14.8. The van der Waals surface area contributed by atoms with Gasteiger partial charge in [-0.15, -0.1) is 0 Å². The molecule has 1 saturated heterocycles. The van der Waals surface area contributed by atoms with Gasteiger partial charge in [0.05, 0.1) is 11.5 Å².